The van der Waals surface area contributed by atoms with E-state index in [1.54, 1.807) is 24.3 Å². The molecule has 0 spiro atoms. The average Bonchev–Trinajstić information content (AvgIpc) is 3.28. The lowest BCUT2D eigenvalue weighted by atomic mass is 9.94. The lowest BCUT2D eigenvalue weighted by Crippen LogP contribution is -2.40. The fourth-order valence-corrected chi connectivity index (χ4v) is 4.06. The number of nitrogens with one attached hydrogen (secondary N) is 1. The highest BCUT2D eigenvalue weighted by molar-refractivity contribution is 7.18. The van der Waals surface area contributed by atoms with Gasteiger partial charge in [-0.15, -0.1) is 11.3 Å². The largest absolute Gasteiger partial charge is 0.459 e. The zero-order valence-electron chi connectivity index (χ0n) is 13.8. The molecule has 24 heavy (non-hydrogen) atoms. The minimum absolute atomic E-state index is 0.0629. The second-order valence-corrected chi connectivity index (χ2v) is 7.06. The maximum Gasteiger partial charge on any atom is 0.291 e. The van der Waals surface area contributed by atoms with Gasteiger partial charge in [0.25, 0.3) is 11.8 Å². The van der Waals surface area contributed by atoms with Crippen molar-refractivity contribution in [3.05, 3.63) is 41.2 Å². The second kappa shape index (κ2) is 7.66. The highest BCUT2D eigenvalue weighted by atomic mass is 32.1. The molecule has 1 fully saturated rings. The van der Waals surface area contributed by atoms with Crippen LogP contribution in [0.25, 0.3) is 0 Å². The predicted molar refractivity (Wildman–Crippen MR) is 94.6 cm³/mol. The first-order valence-electron chi connectivity index (χ1n) is 8.44. The normalized spacial score (nSPS) is 15.2. The summed E-state index contributed by atoms with van der Waals surface area (Å²) < 4.78 is 5.07. The Bertz CT molecular complexity index is 687. The van der Waals surface area contributed by atoms with Crippen molar-refractivity contribution in [2.75, 3.05) is 11.9 Å². The van der Waals surface area contributed by atoms with E-state index in [4.69, 9.17) is 4.42 Å². The summed E-state index contributed by atoms with van der Waals surface area (Å²) in [5.41, 5.74) is 0. The maximum absolute atomic E-state index is 12.8. The molecule has 6 heteroatoms. The van der Waals surface area contributed by atoms with E-state index in [0.717, 1.165) is 19.4 Å². The summed E-state index contributed by atoms with van der Waals surface area (Å²) in [6.07, 6.45) is 7.30. The average molecular weight is 346 g/mol. The third kappa shape index (κ3) is 3.70. The van der Waals surface area contributed by atoms with Crippen LogP contribution in [-0.2, 0) is 0 Å². The molecular formula is C18H22N2O3S. The van der Waals surface area contributed by atoms with Crippen molar-refractivity contribution < 1.29 is 14.0 Å². The van der Waals surface area contributed by atoms with E-state index < -0.39 is 0 Å². The van der Waals surface area contributed by atoms with Gasteiger partial charge in [0.15, 0.2) is 5.76 Å². The van der Waals surface area contributed by atoms with Crippen molar-refractivity contribution >= 4 is 28.2 Å². The quantitative estimate of drug-likeness (QED) is 0.873. The summed E-state index contributed by atoms with van der Waals surface area (Å²) in [5.74, 6) is 0.0158. The van der Waals surface area contributed by atoms with Crippen LogP contribution in [0.2, 0.25) is 0 Å². The fourth-order valence-electron chi connectivity index (χ4n) is 3.20. The molecule has 2 aromatic rings. The SMILES string of the molecule is CCN(C(=O)c1ccc(NC(=O)c2ccco2)s1)C1CCCCC1. The van der Waals surface area contributed by atoms with E-state index in [1.165, 1.54) is 36.9 Å². The minimum atomic E-state index is -0.305. The fraction of sp³-hybridized carbons (Fsp3) is 0.444. The topological polar surface area (TPSA) is 62.6 Å². The van der Waals surface area contributed by atoms with Gasteiger partial charge in [-0.25, -0.2) is 0 Å². The standard InChI is InChI=1S/C18H22N2O3S/c1-2-20(13-7-4-3-5-8-13)18(22)15-10-11-16(24-15)19-17(21)14-9-6-12-23-14/h6,9-13H,2-5,7-8H2,1H3,(H,19,21). The molecule has 0 saturated heterocycles. The van der Waals surface area contributed by atoms with Gasteiger partial charge >= 0.3 is 0 Å². The molecule has 1 aliphatic rings. The smallest absolute Gasteiger partial charge is 0.291 e. The van der Waals surface area contributed by atoms with Crippen LogP contribution >= 0.6 is 11.3 Å². The monoisotopic (exact) mass is 346 g/mol. The summed E-state index contributed by atoms with van der Waals surface area (Å²) in [5, 5.41) is 3.42. The van der Waals surface area contributed by atoms with Crippen LogP contribution in [0.1, 0.15) is 59.3 Å². The Balaban J connectivity index is 1.67. The van der Waals surface area contributed by atoms with Gasteiger partial charge in [-0.1, -0.05) is 19.3 Å². The van der Waals surface area contributed by atoms with Crippen molar-refractivity contribution in [2.45, 2.75) is 45.1 Å². The lowest BCUT2D eigenvalue weighted by Gasteiger charge is -2.33. The van der Waals surface area contributed by atoms with Crippen LogP contribution in [0.15, 0.2) is 34.9 Å². The maximum atomic E-state index is 12.8. The number of carbonyl (C=O) groups excluding carboxylic acids is 2. The summed E-state index contributed by atoms with van der Waals surface area (Å²) in [6, 6.07) is 7.18. The van der Waals surface area contributed by atoms with Crippen LogP contribution in [0.4, 0.5) is 5.00 Å². The van der Waals surface area contributed by atoms with E-state index in [2.05, 4.69) is 5.32 Å². The van der Waals surface area contributed by atoms with Gasteiger partial charge in [-0.05, 0) is 44.0 Å². The first-order valence-corrected chi connectivity index (χ1v) is 9.26. The second-order valence-electron chi connectivity index (χ2n) is 5.98. The number of hydrogen-bond acceptors (Lipinski definition) is 4. The molecule has 2 amide bonds. The van der Waals surface area contributed by atoms with Gasteiger partial charge in [-0.2, -0.15) is 0 Å². The minimum Gasteiger partial charge on any atom is -0.459 e. The third-order valence-electron chi connectivity index (χ3n) is 4.42. The Morgan fingerprint density at radius 3 is 2.71 bits per heavy atom. The van der Waals surface area contributed by atoms with E-state index >= 15 is 0 Å². The highest BCUT2D eigenvalue weighted by Crippen LogP contribution is 2.28. The van der Waals surface area contributed by atoms with Gasteiger partial charge < -0.3 is 14.6 Å². The molecule has 0 aliphatic heterocycles. The molecule has 128 valence electrons. The van der Waals surface area contributed by atoms with Gasteiger partial charge in [0.1, 0.15) is 0 Å². The van der Waals surface area contributed by atoms with E-state index in [9.17, 15) is 9.59 Å². The Kier molecular flexibility index (Phi) is 5.35. The Morgan fingerprint density at radius 1 is 1.25 bits per heavy atom. The van der Waals surface area contributed by atoms with Crippen molar-refractivity contribution in [1.29, 1.82) is 0 Å². The van der Waals surface area contributed by atoms with Gasteiger partial charge in [0.05, 0.1) is 16.1 Å². The number of thiophene rings is 1. The van der Waals surface area contributed by atoms with Crippen molar-refractivity contribution in [1.82, 2.24) is 4.90 Å². The van der Waals surface area contributed by atoms with Gasteiger partial charge in [0, 0.05) is 12.6 Å². The molecule has 2 aromatic heterocycles. The van der Waals surface area contributed by atoms with Crippen LogP contribution in [0.5, 0.6) is 0 Å². The molecule has 1 N–H and O–H groups in total. The number of furan rings is 1. The molecule has 0 aromatic carbocycles. The van der Waals surface area contributed by atoms with Crippen LogP contribution in [-0.4, -0.2) is 29.3 Å². The van der Waals surface area contributed by atoms with E-state index in [1.807, 2.05) is 11.8 Å². The molecule has 0 atom stereocenters. The first kappa shape index (κ1) is 16.8. The zero-order valence-corrected chi connectivity index (χ0v) is 14.6. The van der Waals surface area contributed by atoms with Crippen LogP contribution in [0, 0.1) is 0 Å². The third-order valence-corrected chi connectivity index (χ3v) is 5.40. The van der Waals surface area contributed by atoms with Gasteiger partial charge in [0.2, 0.25) is 0 Å². The van der Waals surface area contributed by atoms with E-state index in [-0.39, 0.29) is 17.6 Å². The summed E-state index contributed by atoms with van der Waals surface area (Å²) >= 11 is 1.31. The van der Waals surface area contributed by atoms with Crippen LogP contribution in [0.3, 0.4) is 0 Å². The summed E-state index contributed by atoms with van der Waals surface area (Å²) in [7, 11) is 0. The Morgan fingerprint density at radius 2 is 2.04 bits per heavy atom. The number of amides is 2. The molecule has 1 aliphatic carbocycles. The predicted octanol–water partition coefficient (Wildman–Crippen LogP) is 4.39. The van der Waals surface area contributed by atoms with Crippen LogP contribution < -0.4 is 5.32 Å². The highest BCUT2D eigenvalue weighted by Gasteiger charge is 2.26. The number of anilines is 1. The zero-order chi connectivity index (χ0) is 16.9. The molecule has 0 unspecified atom stereocenters. The Hall–Kier alpha value is -2.08. The summed E-state index contributed by atoms with van der Waals surface area (Å²) in [6.45, 7) is 2.75. The number of carbonyl (C=O) groups is 2. The number of nitrogens with zero attached hydrogens (tertiary/aromatic N) is 1. The van der Waals surface area contributed by atoms with Crippen molar-refractivity contribution in [3.8, 4) is 0 Å². The van der Waals surface area contributed by atoms with Crippen molar-refractivity contribution in [3.63, 3.8) is 0 Å². The lowest BCUT2D eigenvalue weighted by molar-refractivity contribution is 0.0653. The first-order chi connectivity index (χ1) is 11.7. The van der Waals surface area contributed by atoms with Crippen molar-refractivity contribution in [2.24, 2.45) is 0 Å². The van der Waals surface area contributed by atoms with Gasteiger partial charge in [-0.3, -0.25) is 9.59 Å². The summed E-state index contributed by atoms with van der Waals surface area (Å²) in [4.78, 5) is 27.4. The molecule has 2 heterocycles. The molecule has 3 rings (SSSR count). The molecule has 0 radical (unpaired) electrons. The molecular weight excluding hydrogens is 324 g/mol. The Labute approximate surface area is 145 Å². The van der Waals surface area contributed by atoms with E-state index in [0.29, 0.717) is 15.9 Å². The molecule has 0 bridgehead atoms. The molecule has 1 saturated carbocycles. The number of hydrogen-bond donors (Lipinski definition) is 1. The number of rotatable bonds is 5. The molecule has 5 nitrogen and oxygen atoms in total.